The van der Waals surface area contributed by atoms with Crippen LogP contribution in [-0.4, -0.2) is 9.97 Å². The minimum Gasteiger partial charge on any atom is -0.292 e. The van der Waals surface area contributed by atoms with Crippen LogP contribution >= 0.6 is 11.8 Å². The van der Waals surface area contributed by atoms with Crippen molar-refractivity contribution in [3.63, 3.8) is 0 Å². The van der Waals surface area contributed by atoms with E-state index in [1.165, 1.54) is 11.1 Å². The molecular weight excluding hydrogens is 244 g/mol. The lowest BCUT2D eigenvalue weighted by Crippen LogP contribution is -2.11. The van der Waals surface area contributed by atoms with Crippen molar-refractivity contribution in [2.45, 2.75) is 24.6 Å². The SMILES string of the molecule is Cc1cccc(CSc2cc(C)nc(NN)n2)c1. The first-order valence-electron chi connectivity index (χ1n) is 5.68. The largest absolute Gasteiger partial charge is 0.292 e. The van der Waals surface area contributed by atoms with Gasteiger partial charge in [0.2, 0.25) is 5.95 Å². The second kappa shape index (κ2) is 5.84. The van der Waals surface area contributed by atoms with Crippen LogP contribution in [0.15, 0.2) is 35.4 Å². The van der Waals surface area contributed by atoms with E-state index in [4.69, 9.17) is 5.84 Å². The van der Waals surface area contributed by atoms with Gasteiger partial charge in [-0.1, -0.05) is 29.8 Å². The van der Waals surface area contributed by atoms with E-state index < -0.39 is 0 Å². The van der Waals surface area contributed by atoms with E-state index in [0.717, 1.165) is 16.5 Å². The minimum atomic E-state index is 0.460. The van der Waals surface area contributed by atoms with Gasteiger partial charge in [0.05, 0.1) is 0 Å². The molecular formula is C13H16N4S. The number of thioether (sulfide) groups is 1. The lowest BCUT2D eigenvalue weighted by Gasteiger charge is -2.05. The zero-order valence-electron chi connectivity index (χ0n) is 10.5. The van der Waals surface area contributed by atoms with Crippen LogP contribution in [0.3, 0.4) is 0 Å². The van der Waals surface area contributed by atoms with Crippen molar-refractivity contribution >= 4 is 17.7 Å². The van der Waals surface area contributed by atoms with Crippen LogP contribution in [0.25, 0.3) is 0 Å². The highest BCUT2D eigenvalue weighted by Gasteiger charge is 2.02. The van der Waals surface area contributed by atoms with E-state index in [2.05, 4.69) is 46.6 Å². The monoisotopic (exact) mass is 260 g/mol. The summed E-state index contributed by atoms with van der Waals surface area (Å²) in [5, 5.41) is 0.928. The number of benzene rings is 1. The third-order valence-corrected chi connectivity index (χ3v) is 3.41. The number of anilines is 1. The summed E-state index contributed by atoms with van der Waals surface area (Å²) in [6.07, 6.45) is 0. The number of nitrogens with one attached hydrogen (secondary N) is 1. The molecule has 0 amide bonds. The van der Waals surface area contributed by atoms with Gasteiger partial charge in [0.25, 0.3) is 0 Å². The fourth-order valence-electron chi connectivity index (χ4n) is 1.64. The molecule has 0 bridgehead atoms. The lowest BCUT2D eigenvalue weighted by molar-refractivity contribution is 0.993. The number of hydrogen-bond donors (Lipinski definition) is 2. The number of nitrogens with two attached hydrogens (primary N) is 1. The van der Waals surface area contributed by atoms with Gasteiger partial charge in [0.1, 0.15) is 5.03 Å². The molecule has 0 aliphatic heterocycles. The fraction of sp³-hybridized carbons (Fsp3) is 0.231. The Labute approximate surface area is 111 Å². The first-order valence-corrected chi connectivity index (χ1v) is 6.66. The molecule has 1 aromatic heterocycles. The second-order valence-electron chi connectivity index (χ2n) is 4.09. The first-order chi connectivity index (χ1) is 8.67. The summed E-state index contributed by atoms with van der Waals surface area (Å²) in [5.41, 5.74) is 5.95. The Balaban J connectivity index is 2.08. The Hall–Kier alpha value is -1.59. The number of hydrogen-bond acceptors (Lipinski definition) is 5. The van der Waals surface area contributed by atoms with Gasteiger partial charge in [0.15, 0.2) is 0 Å². The Bertz CT molecular complexity index is 542. The minimum absolute atomic E-state index is 0.460. The van der Waals surface area contributed by atoms with Gasteiger partial charge in [-0.3, -0.25) is 5.43 Å². The molecule has 0 spiro atoms. The van der Waals surface area contributed by atoms with E-state index in [9.17, 15) is 0 Å². The molecule has 0 saturated heterocycles. The summed E-state index contributed by atoms with van der Waals surface area (Å²) in [7, 11) is 0. The van der Waals surface area contributed by atoms with Gasteiger partial charge < -0.3 is 0 Å². The number of nitrogen functional groups attached to an aromatic ring is 1. The highest BCUT2D eigenvalue weighted by atomic mass is 32.2. The quantitative estimate of drug-likeness (QED) is 0.383. The summed E-state index contributed by atoms with van der Waals surface area (Å²) in [5.74, 6) is 6.68. The standard InChI is InChI=1S/C13H16N4S/c1-9-4-3-5-11(6-9)8-18-12-7-10(2)15-13(16-12)17-14/h3-7H,8,14H2,1-2H3,(H,15,16,17). The molecule has 2 rings (SSSR count). The molecule has 3 N–H and O–H groups in total. The molecule has 1 heterocycles. The smallest absolute Gasteiger partial charge is 0.238 e. The van der Waals surface area contributed by atoms with Crippen LogP contribution < -0.4 is 11.3 Å². The molecule has 0 unspecified atom stereocenters. The molecule has 0 radical (unpaired) electrons. The number of hydrazine groups is 1. The van der Waals surface area contributed by atoms with Gasteiger partial charge >= 0.3 is 0 Å². The van der Waals surface area contributed by atoms with Crippen LogP contribution in [0.5, 0.6) is 0 Å². The average Bonchev–Trinajstić information content (AvgIpc) is 2.36. The van der Waals surface area contributed by atoms with Gasteiger partial charge in [-0.05, 0) is 25.5 Å². The molecule has 0 aliphatic carbocycles. The second-order valence-corrected chi connectivity index (χ2v) is 5.09. The van der Waals surface area contributed by atoms with Crippen molar-refractivity contribution in [2.75, 3.05) is 5.43 Å². The number of rotatable bonds is 4. The van der Waals surface area contributed by atoms with E-state index in [0.29, 0.717) is 5.95 Å². The molecule has 18 heavy (non-hydrogen) atoms. The number of nitrogens with zero attached hydrogens (tertiary/aromatic N) is 2. The third-order valence-electron chi connectivity index (χ3n) is 2.43. The lowest BCUT2D eigenvalue weighted by atomic mass is 10.2. The molecule has 0 atom stereocenters. The average molecular weight is 260 g/mol. The van der Waals surface area contributed by atoms with E-state index in [1.54, 1.807) is 11.8 Å². The van der Waals surface area contributed by atoms with E-state index in [-0.39, 0.29) is 0 Å². The topological polar surface area (TPSA) is 63.8 Å². The van der Waals surface area contributed by atoms with Crippen molar-refractivity contribution in [1.29, 1.82) is 0 Å². The Kier molecular flexibility index (Phi) is 4.17. The maximum Gasteiger partial charge on any atom is 0.238 e. The van der Waals surface area contributed by atoms with Gasteiger partial charge in [-0.25, -0.2) is 15.8 Å². The zero-order valence-corrected chi connectivity index (χ0v) is 11.3. The molecule has 5 heteroatoms. The van der Waals surface area contributed by atoms with Crippen molar-refractivity contribution in [3.05, 3.63) is 47.2 Å². The van der Waals surface area contributed by atoms with Gasteiger partial charge in [-0.2, -0.15) is 0 Å². The first kappa shape index (κ1) is 12.9. The van der Waals surface area contributed by atoms with Crippen molar-refractivity contribution in [2.24, 2.45) is 5.84 Å². The predicted molar refractivity (Wildman–Crippen MR) is 75.3 cm³/mol. The van der Waals surface area contributed by atoms with Gasteiger partial charge in [-0.15, -0.1) is 11.8 Å². The maximum absolute atomic E-state index is 5.33. The van der Waals surface area contributed by atoms with Gasteiger partial charge in [0, 0.05) is 11.4 Å². The Morgan fingerprint density at radius 1 is 1.22 bits per heavy atom. The molecule has 94 valence electrons. The predicted octanol–water partition coefficient (Wildman–Crippen LogP) is 2.67. The normalized spacial score (nSPS) is 10.4. The highest BCUT2D eigenvalue weighted by molar-refractivity contribution is 7.98. The summed E-state index contributed by atoms with van der Waals surface area (Å²) < 4.78 is 0. The summed E-state index contributed by atoms with van der Waals surface area (Å²) >= 11 is 1.68. The molecule has 1 aromatic carbocycles. The van der Waals surface area contributed by atoms with Crippen molar-refractivity contribution in [1.82, 2.24) is 9.97 Å². The Morgan fingerprint density at radius 2 is 2.06 bits per heavy atom. The molecule has 0 aliphatic rings. The van der Waals surface area contributed by atoms with E-state index >= 15 is 0 Å². The number of aromatic nitrogens is 2. The van der Waals surface area contributed by atoms with Crippen molar-refractivity contribution in [3.8, 4) is 0 Å². The van der Waals surface area contributed by atoms with Crippen molar-refractivity contribution < 1.29 is 0 Å². The number of aryl methyl sites for hydroxylation is 2. The molecule has 0 fully saturated rings. The third kappa shape index (κ3) is 3.45. The molecule has 2 aromatic rings. The van der Waals surface area contributed by atoms with Crippen LogP contribution in [0.4, 0.5) is 5.95 Å². The summed E-state index contributed by atoms with van der Waals surface area (Å²) in [4.78, 5) is 8.47. The van der Waals surface area contributed by atoms with Crippen LogP contribution in [0, 0.1) is 13.8 Å². The highest BCUT2D eigenvalue weighted by Crippen LogP contribution is 2.22. The Morgan fingerprint density at radius 3 is 2.78 bits per heavy atom. The van der Waals surface area contributed by atoms with E-state index in [1.807, 2.05) is 13.0 Å². The molecule has 4 nitrogen and oxygen atoms in total. The zero-order chi connectivity index (χ0) is 13.0. The summed E-state index contributed by atoms with van der Waals surface area (Å²) in [6.45, 7) is 4.03. The fourth-order valence-corrected chi connectivity index (χ4v) is 2.54. The van der Waals surface area contributed by atoms with Crippen LogP contribution in [0.2, 0.25) is 0 Å². The van der Waals surface area contributed by atoms with Crippen LogP contribution in [-0.2, 0) is 5.75 Å². The van der Waals surface area contributed by atoms with Crippen LogP contribution in [0.1, 0.15) is 16.8 Å². The molecule has 0 saturated carbocycles. The maximum atomic E-state index is 5.33. The summed E-state index contributed by atoms with van der Waals surface area (Å²) in [6, 6.07) is 10.4.